The standard InChI is InChI=1S/C16H19F3N2O/c17-16(18,19)15(22)6-9-20-14-7-10-21(11-8-14)12-13-4-2-1-3-5-13/h1-5,9,14H,6-8,10-12H2. The van der Waals surface area contributed by atoms with Crippen LogP contribution in [0.4, 0.5) is 13.2 Å². The van der Waals surface area contributed by atoms with Gasteiger partial charge in [-0.1, -0.05) is 30.3 Å². The monoisotopic (exact) mass is 312 g/mol. The summed E-state index contributed by atoms with van der Waals surface area (Å²) in [5.41, 5.74) is 1.25. The van der Waals surface area contributed by atoms with Crippen molar-refractivity contribution in [1.29, 1.82) is 0 Å². The van der Waals surface area contributed by atoms with Crippen LogP contribution in [0.15, 0.2) is 35.3 Å². The number of likely N-dealkylation sites (tertiary alicyclic amines) is 1. The first-order valence-corrected chi connectivity index (χ1v) is 7.33. The van der Waals surface area contributed by atoms with Crippen LogP contribution in [0.5, 0.6) is 0 Å². The fourth-order valence-corrected chi connectivity index (χ4v) is 2.47. The molecule has 0 radical (unpaired) electrons. The van der Waals surface area contributed by atoms with E-state index in [1.165, 1.54) is 5.56 Å². The van der Waals surface area contributed by atoms with E-state index >= 15 is 0 Å². The number of aliphatic imine (C=N–C) groups is 1. The third kappa shape index (κ3) is 5.26. The Bertz CT molecular complexity index is 506. The van der Waals surface area contributed by atoms with Gasteiger partial charge in [0.1, 0.15) is 0 Å². The van der Waals surface area contributed by atoms with Crippen molar-refractivity contribution in [2.24, 2.45) is 4.99 Å². The first kappa shape index (κ1) is 16.7. The van der Waals surface area contributed by atoms with E-state index in [0.29, 0.717) is 0 Å². The van der Waals surface area contributed by atoms with Gasteiger partial charge in [0.15, 0.2) is 0 Å². The summed E-state index contributed by atoms with van der Waals surface area (Å²) in [4.78, 5) is 17.2. The van der Waals surface area contributed by atoms with Gasteiger partial charge in [-0.25, -0.2) is 0 Å². The van der Waals surface area contributed by atoms with Crippen LogP contribution in [0.1, 0.15) is 24.8 Å². The van der Waals surface area contributed by atoms with E-state index in [2.05, 4.69) is 22.0 Å². The summed E-state index contributed by atoms with van der Waals surface area (Å²) in [7, 11) is 0. The molecule has 0 spiro atoms. The lowest BCUT2D eigenvalue weighted by Gasteiger charge is -2.30. The second-order valence-corrected chi connectivity index (χ2v) is 5.45. The first-order valence-electron chi connectivity index (χ1n) is 7.33. The highest BCUT2D eigenvalue weighted by Crippen LogP contribution is 2.18. The first-order chi connectivity index (χ1) is 10.4. The largest absolute Gasteiger partial charge is 0.450 e. The Hall–Kier alpha value is -1.69. The lowest BCUT2D eigenvalue weighted by molar-refractivity contribution is -0.169. The number of benzene rings is 1. The molecule has 0 bridgehead atoms. The van der Waals surface area contributed by atoms with Gasteiger partial charge in [0.25, 0.3) is 0 Å². The van der Waals surface area contributed by atoms with Crippen molar-refractivity contribution < 1.29 is 18.0 Å². The summed E-state index contributed by atoms with van der Waals surface area (Å²) in [6, 6.07) is 10.2. The van der Waals surface area contributed by atoms with Gasteiger partial charge in [0, 0.05) is 25.8 Å². The molecule has 1 aliphatic rings. The van der Waals surface area contributed by atoms with Gasteiger partial charge in [-0.3, -0.25) is 14.7 Å². The zero-order chi connectivity index (χ0) is 16.0. The molecule has 1 aliphatic heterocycles. The highest BCUT2D eigenvalue weighted by molar-refractivity contribution is 5.95. The average Bonchev–Trinajstić information content (AvgIpc) is 2.49. The predicted molar refractivity (Wildman–Crippen MR) is 78.9 cm³/mol. The molecule has 0 saturated carbocycles. The van der Waals surface area contributed by atoms with Gasteiger partial charge in [-0.2, -0.15) is 13.2 Å². The maximum atomic E-state index is 12.1. The topological polar surface area (TPSA) is 32.7 Å². The van der Waals surface area contributed by atoms with Crippen molar-refractivity contribution >= 4 is 12.0 Å². The molecule has 1 aromatic rings. The van der Waals surface area contributed by atoms with E-state index in [1.807, 2.05) is 18.2 Å². The Morgan fingerprint density at radius 1 is 1.23 bits per heavy atom. The molecule has 0 atom stereocenters. The molecule has 0 N–H and O–H groups in total. The summed E-state index contributed by atoms with van der Waals surface area (Å²) in [5, 5.41) is 0. The highest BCUT2D eigenvalue weighted by Gasteiger charge is 2.37. The van der Waals surface area contributed by atoms with Crippen LogP contribution in [-0.4, -0.2) is 42.2 Å². The van der Waals surface area contributed by atoms with Crippen molar-refractivity contribution in [3.8, 4) is 0 Å². The zero-order valence-electron chi connectivity index (χ0n) is 12.2. The molecule has 1 aromatic carbocycles. The maximum Gasteiger partial charge on any atom is 0.450 e. The van der Waals surface area contributed by atoms with Crippen LogP contribution < -0.4 is 0 Å². The Morgan fingerprint density at radius 3 is 2.45 bits per heavy atom. The third-order valence-electron chi connectivity index (χ3n) is 3.72. The van der Waals surface area contributed by atoms with E-state index in [4.69, 9.17) is 0 Å². The van der Waals surface area contributed by atoms with Crippen LogP contribution in [0.3, 0.4) is 0 Å². The molecule has 1 fully saturated rings. The van der Waals surface area contributed by atoms with Crippen LogP contribution >= 0.6 is 0 Å². The van der Waals surface area contributed by atoms with Crippen molar-refractivity contribution in [1.82, 2.24) is 4.90 Å². The predicted octanol–water partition coefficient (Wildman–Crippen LogP) is 3.24. The molecule has 2 rings (SSSR count). The minimum Gasteiger partial charge on any atom is -0.299 e. The minimum absolute atomic E-state index is 0.0213. The lowest BCUT2D eigenvalue weighted by atomic mass is 10.0. The molecule has 1 saturated heterocycles. The molecule has 120 valence electrons. The fourth-order valence-electron chi connectivity index (χ4n) is 2.47. The summed E-state index contributed by atoms with van der Waals surface area (Å²) in [6.07, 6.45) is -2.68. The van der Waals surface area contributed by atoms with Gasteiger partial charge in [0.05, 0.1) is 12.5 Å². The van der Waals surface area contributed by atoms with Crippen LogP contribution in [0.25, 0.3) is 0 Å². The highest BCUT2D eigenvalue weighted by atomic mass is 19.4. The third-order valence-corrected chi connectivity index (χ3v) is 3.72. The summed E-state index contributed by atoms with van der Waals surface area (Å²) >= 11 is 0. The smallest absolute Gasteiger partial charge is 0.299 e. The number of piperidine rings is 1. The van der Waals surface area contributed by atoms with E-state index < -0.39 is 18.4 Å². The van der Waals surface area contributed by atoms with E-state index in [1.54, 1.807) is 0 Å². The Balaban J connectivity index is 1.72. The number of halogens is 3. The second kappa shape index (κ2) is 7.54. The van der Waals surface area contributed by atoms with Crippen LogP contribution in [0, 0.1) is 0 Å². The number of hydrogen-bond acceptors (Lipinski definition) is 3. The summed E-state index contributed by atoms with van der Waals surface area (Å²) < 4.78 is 36.2. The van der Waals surface area contributed by atoms with Gasteiger partial charge < -0.3 is 0 Å². The van der Waals surface area contributed by atoms with E-state index in [-0.39, 0.29) is 6.04 Å². The number of carbonyl (C=O) groups excluding carboxylic acids is 1. The van der Waals surface area contributed by atoms with Gasteiger partial charge in [0.2, 0.25) is 5.78 Å². The number of ketones is 1. The number of alkyl halides is 3. The molecule has 22 heavy (non-hydrogen) atoms. The SMILES string of the molecule is O=C(CC=NC1CCN(Cc2ccccc2)CC1)C(F)(F)F. The number of hydrogen-bond donors (Lipinski definition) is 0. The fraction of sp³-hybridized carbons (Fsp3) is 0.500. The van der Waals surface area contributed by atoms with Crippen molar-refractivity contribution in [2.75, 3.05) is 13.1 Å². The van der Waals surface area contributed by atoms with Gasteiger partial charge in [-0.15, -0.1) is 0 Å². The Morgan fingerprint density at radius 2 is 1.86 bits per heavy atom. The van der Waals surface area contributed by atoms with Crippen molar-refractivity contribution in [3.63, 3.8) is 0 Å². The van der Waals surface area contributed by atoms with E-state index in [9.17, 15) is 18.0 Å². The average molecular weight is 312 g/mol. The molecular formula is C16H19F3N2O. The molecule has 0 aliphatic carbocycles. The molecule has 0 amide bonds. The summed E-state index contributed by atoms with van der Waals surface area (Å²) in [5.74, 6) is -1.74. The van der Waals surface area contributed by atoms with Gasteiger partial charge in [-0.05, 0) is 18.4 Å². The number of carbonyl (C=O) groups is 1. The second-order valence-electron chi connectivity index (χ2n) is 5.45. The zero-order valence-corrected chi connectivity index (χ0v) is 12.2. The lowest BCUT2D eigenvalue weighted by Crippen LogP contribution is -2.34. The van der Waals surface area contributed by atoms with Crippen LogP contribution in [-0.2, 0) is 11.3 Å². The number of nitrogens with zero attached hydrogens (tertiary/aromatic N) is 2. The molecule has 1 heterocycles. The number of rotatable bonds is 5. The molecule has 0 aromatic heterocycles. The van der Waals surface area contributed by atoms with Crippen LogP contribution in [0.2, 0.25) is 0 Å². The van der Waals surface area contributed by atoms with Crippen molar-refractivity contribution in [3.05, 3.63) is 35.9 Å². The Kier molecular flexibility index (Phi) is 5.71. The molecular weight excluding hydrogens is 293 g/mol. The minimum atomic E-state index is -4.76. The number of Topliss-reactive ketones (excluding diaryl/α,β-unsaturated/α-hetero) is 1. The Labute approximate surface area is 127 Å². The normalized spacial score (nSPS) is 18.0. The molecule has 0 unspecified atom stereocenters. The summed E-state index contributed by atoms with van der Waals surface area (Å²) in [6.45, 7) is 2.61. The van der Waals surface area contributed by atoms with E-state index in [0.717, 1.165) is 38.7 Å². The maximum absolute atomic E-state index is 12.1. The van der Waals surface area contributed by atoms with Gasteiger partial charge >= 0.3 is 6.18 Å². The molecule has 6 heteroatoms. The quantitative estimate of drug-likeness (QED) is 0.782. The molecule has 3 nitrogen and oxygen atoms in total. The van der Waals surface area contributed by atoms with Crippen molar-refractivity contribution in [2.45, 2.75) is 38.0 Å².